The molecule has 0 atom stereocenters. The summed E-state index contributed by atoms with van der Waals surface area (Å²) < 4.78 is 17.0. The quantitative estimate of drug-likeness (QED) is 0.148. The summed E-state index contributed by atoms with van der Waals surface area (Å²) in [7, 11) is 0. The first-order chi connectivity index (χ1) is 16.9. The maximum Gasteiger partial charge on any atom is 0.365 e. The van der Waals surface area contributed by atoms with E-state index in [0.29, 0.717) is 64.7 Å². The van der Waals surface area contributed by atoms with Gasteiger partial charge < -0.3 is 19.4 Å². The van der Waals surface area contributed by atoms with Gasteiger partial charge in [0.2, 0.25) is 0 Å². The van der Waals surface area contributed by atoms with E-state index < -0.39 is 5.97 Å². The topological polar surface area (TPSA) is 104 Å². The lowest BCUT2D eigenvalue weighted by molar-refractivity contribution is -0.255. The fourth-order valence-corrected chi connectivity index (χ4v) is 3.86. The van der Waals surface area contributed by atoms with E-state index in [2.05, 4.69) is 0 Å². The zero-order valence-electron chi connectivity index (χ0n) is 19.5. The number of carboxylic acids is 1. The number of hydrogen-bond acceptors (Lipinski definition) is 6. The van der Waals surface area contributed by atoms with Crippen molar-refractivity contribution in [2.75, 3.05) is 0 Å². The first-order valence-electron chi connectivity index (χ1n) is 11.5. The number of carbonyl (C=O) groups excluding carboxylic acids is 3. The van der Waals surface area contributed by atoms with E-state index in [1.54, 1.807) is 48.5 Å². The second kappa shape index (κ2) is 10.3. The molecule has 7 heteroatoms. The van der Waals surface area contributed by atoms with Crippen LogP contribution in [0, 0.1) is 0 Å². The standard InChI is InChI=1S/C28H24O7/c1-3-6-25(29)33-19-10-12-21-23(15-19)35-24-16-20(34-26(30)7-4-2)11-13-22(24)27(21)17-8-5-9-18(14-17)28(31)32/h5,8-16H,3-4,6-7H2,1-2H3. The van der Waals surface area contributed by atoms with E-state index in [0.717, 1.165) is 5.56 Å². The molecule has 0 saturated carbocycles. The van der Waals surface area contributed by atoms with E-state index >= 15 is 0 Å². The van der Waals surface area contributed by atoms with Gasteiger partial charge in [0.05, 0.1) is 28.9 Å². The molecule has 35 heavy (non-hydrogen) atoms. The third-order valence-electron chi connectivity index (χ3n) is 5.42. The molecule has 0 saturated heterocycles. The molecule has 0 aliphatic heterocycles. The summed E-state index contributed by atoms with van der Waals surface area (Å²) in [5, 5.41) is 12.9. The fourth-order valence-electron chi connectivity index (χ4n) is 3.86. The highest BCUT2D eigenvalue weighted by molar-refractivity contribution is 6.09. The van der Waals surface area contributed by atoms with Crippen LogP contribution in [0.2, 0.25) is 0 Å². The molecular weight excluding hydrogens is 448 g/mol. The molecule has 0 amide bonds. The van der Waals surface area contributed by atoms with Gasteiger partial charge in [0.25, 0.3) is 0 Å². The Morgan fingerprint density at radius 1 is 0.771 bits per heavy atom. The Hall–Kier alpha value is -4.26. The molecule has 0 fully saturated rings. The number of aromatic carboxylic acids is 1. The number of fused-ring (bicyclic) bond motifs is 2. The van der Waals surface area contributed by atoms with Crippen LogP contribution in [0.4, 0.5) is 0 Å². The van der Waals surface area contributed by atoms with Gasteiger partial charge in [0.15, 0.2) is 0 Å². The van der Waals surface area contributed by atoms with Crippen molar-refractivity contribution in [2.45, 2.75) is 39.5 Å². The highest BCUT2D eigenvalue weighted by Gasteiger charge is 2.23. The van der Waals surface area contributed by atoms with E-state index in [4.69, 9.17) is 13.9 Å². The van der Waals surface area contributed by atoms with E-state index in [1.165, 1.54) is 12.1 Å². The van der Waals surface area contributed by atoms with Gasteiger partial charge in [-0.3, -0.25) is 9.59 Å². The monoisotopic (exact) mass is 472 g/mol. The lowest BCUT2D eigenvalue weighted by Gasteiger charge is -2.10. The summed E-state index contributed by atoms with van der Waals surface area (Å²) in [5.74, 6) is -1.31. The molecule has 7 nitrogen and oxygen atoms in total. The molecule has 0 bridgehead atoms. The first-order valence-corrected chi connectivity index (χ1v) is 11.5. The number of ether oxygens (including phenoxy) is 2. The van der Waals surface area contributed by atoms with Crippen molar-refractivity contribution >= 4 is 39.8 Å². The summed E-state index contributed by atoms with van der Waals surface area (Å²) in [6.45, 7) is 3.78. The summed E-state index contributed by atoms with van der Waals surface area (Å²) in [6, 6.07) is 16.5. The van der Waals surface area contributed by atoms with Crippen molar-refractivity contribution in [3.8, 4) is 22.6 Å². The molecular formula is C28H24O7. The van der Waals surface area contributed by atoms with E-state index in [9.17, 15) is 19.5 Å². The number of benzene rings is 3. The van der Waals surface area contributed by atoms with Gasteiger partial charge in [-0.2, -0.15) is 0 Å². The van der Waals surface area contributed by atoms with E-state index in [1.807, 2.05) is 13.8 Å². The Kier molecular flexibility index (Phi) is 7.06. The van der Waals surface area contributed by atoms with Crippen molar-refractivity contribution in [1.29, 1.82) is 0 Å². The average molecular weight is 472 g/mol. The van der Waals surface area contributed by atoms with Gasteiger partial charge in [0, 0.05) is 18.4 Å². The van der Waals surface area contributed by atoms with Crippen LogP contribution < -0.4 is 14.6 Å². The molecule has 4 rings (SSSR count). The SMILES string of the molecule is CCCC(=O)Oc1ccc2c(-c3cccc(C(=O)[O-])c3)c3ccc(OC(=O)CCC)cc3[o+]c2c1. The summed E-state index contributed by atoms with van der Waals surface area (Å²) >= 11 is 0. The maximum atomic E-state index is 12.0. The van der Waals surface area contributed by atoms with Crippen molar-refractivity contribution in [1.82, 2.24) is 0 Å². The van der Waals surface area contributed by atoms with Crippen LogP contribution in [0.5, 0.6) is 11.5 Å². The largest absolute Gasteiger partial charge is 0.545 e. The van der Waals surface area contributed by atoms with Gasteiger partial charge in [-0.1, -0.05) is 32.0 Å². The summed E-state index contributed by atoms with van der Waals surface area (Å²) in [4.78, 5) is 35.5. The van der Waals surface area contributed by atoms with Gasteiger partial charge in [-0.25, -0.2) is 4.42 Å². The second-order valence-electron chi connectivity index (χ2n) is 8.11. The van der Waals surface area contributed by atoms with Crippen LogP contribution in [0.3, 0.4) is 0 Å². The van der Waals surface area contributed by atoms with E-state index in [-0.39, 0.29) is 17.5 Å². The van der Waals surface area contributed by atoms with Gasteiger partial charge in [0.1, 0.15) is 11.5 Å². The Balaban J connectivity index is 1.92. The van der Waals surface area contributed by atoms with Crippen molar-refractivity contribution in [2.24, 2.45) is 0 Å². The highest BCUT2D eigenvalue weighted by Crippen LogP contribution is 2.39. The van der Waals surface area contributed by atoms with Gasteiger partial charge >= 0.3 is 23.1 Å². The molecule has 4 aromatic rings. The van der Waals surface area contributed by atoms with Crippen LogP contribution in [0.1, 0.15) is 49.9 Å². The third kappa shape index (κ3) is 5.30. The van der Waals surface area contributed by atoms with Crippen molar-refractivity contribution in [3.05, 3.63) is 66.2 Å². The normalized spacial score (nSPS) is 10.9. The third-order valence-corrected chi connectivity index (χ3v) is 5.42. The van der Waals surface area contributed by atoms with Gasteiger partial charge in [-0.15, -0.1) is 0 Å². The minimum atomic E-state index is -1.28. The second-order valence-corrected chi connectivity index (χ2v) is 8.11. The molecule has 178 valence electrons. The van der Waals surface area contributed by atoms with Crippen LogP contribution in [0.25, 0.3) is 33.1 Å². The number of carbonyl (C=O) groups is 3. The fraction of sp³-hybridized carbons (Fsp3) is 0.214. The maximum absolute atomic E-state index is 12.0. The smallest absolute Gasteiger partial charge is 0.365 e. The number of carboxylic acid groups (broad SMARTS) is 1. The Labute approximate surface area is 201 Å². The van der Waals surface area contributed by atoms with Crippen molar-refractivity contribution in [3.63, 3.8) is 0 Å². The number of hydrogen-bond donors (Lipinski definition) is 0. The molecule has 0 aliphatic rings. The predicted octanol–water partition coefficient (Wildman–Crippen LogP) is 5.31. The minimum absolute atomic E-state index is 0.0415. The van der Waals surface area contributed by atoms with Crippen molar-refractivity contribution < 1.29 is 33.4 Å². The molecule has 0 aliphatic carbocycles. The molecule has 0 radical (unpaired) electrons. The number of esters is 2. The van der Waals surface area contributed by atoms with Crippen LogP contribution in [-0.4, -0.2) is 17.9 Å². The molecule has 0 N–H and O–H groups in total. The zero-order chi connectivity index (χ0) is 24.9. The zero-order valence-corrected chi connectivity index (χ0v) is 19.5. The molecule has 0 spiro atoms. The van der Waals surface area contributed by atoms with Crippen LogP contribution in [0.15, 0.2) is 65.1 Å². The Morgan fingerprint density at radius 3 is 1.80 bits per heavy atom. The highest BCUT2D eigenvalue weighted by atomic mass is 16.5. The van der Waals surface area contributed by atoms with Crippen LogP contribution in [-0.2, 0) is 9.59 Å². The first kappa shape index (κ1) is 23.9. The van der Waals surface area contributed by atoms with Crippen LogP contribution >= 0.6 is 0 Å². The lowest BCUT2D eigenvalue weighted by Crippen LogP contribution is -2.22. The Morgan fingerprint density at radius 2 is 1.31 bits per heavy atom. The molecule has 1 aromatic heterocycles. The summed E-state index contributed by atoms with van der Waals surface area (Å²) in [5.41, 5.74) is 2.25. The molecule has 0 unspecified atom stereocenters. The molecule has 3 aromatic carbocycles. The number of rotatable bonds is 8. The average Bonchev–Trinajstić information content (AvgIpc) is 2.82. The minimum Gasteiger partial charge on any atom is -0.545 e. The Bertz CT molecular complexity index is 1360. The molecule has 1 heterocycles. The lowest BCUT2D eigenvalue weighted by atomic mass is 9.95. The summed E-state index contributed by atoms with van der Waals surface area (Å²) in [6.07, 6.45) is 1.92. The predicted molar refractivity (Wildman–Crippen MR) is 129 cm³/mol. The van der Waals surface area contributed by atoms with Gasteiger partial charge in [-0.05, 0) is 54.3 Å².